The van der Waals surface area contributed by atoms with Crippen LogP contribution in [0.1, 0.15) is 34.6 Å². The van der Waals surface area contributed by atoms with E-state index < -0.39 is 12.0 Å². The van der Waals surface area contributed by atoms with Crippen LogP contribution in [0.3, 0.4) is 0 Å². The second-order valence-corrected chi connectivity index (χ2v) is 10.5. The molecule has 0 aliphatic carbocycles. The van der Waals surface area contributed by atoms with Gasteiger partial charge < -0.3 is 34.4 Å². The summed E-state index contributed by atoms with van der Waals surface area (Å²) in [6.07, 6.45) is -0.978. The SMILES string of the molecule is CC1CN(c2nc(N(C(C)O)C(C)(C)O)c3nc(-c4ccccc4)c(N4CCOC(C)C4)nc3n2)CCO1. The standard InChI is InChI=1S/C27H37N7O4/c1-17-15-32(11-13-37-17)24-21(20-9-7-6-8-10-20)28-22-23(29-24)30-26(33-12-14-38-18(2)16-33)31-25(22)34(19(3)35)27(4,5)36/h6-10,17-19,35-36H,11-16H2,1-5H3. The minimum atomic E-state index is -1.43. The highest BCUT2D eigenvalue weighted by atomic mass is 16.5. The molecule has 2 aliphatic rings. The molecule has 11 nitrogen and oxygen atoms in total. The number of anilines is 3. The van der Waals surface area contributed by atoms with Gasteiger partial charge in [0.1, 0.15) is 17.6 Å². The van der Waals surface area contributed by atoms with Crippen molar-refractivity contribution in [3.63, 3.8) is 0 Å². The second kappa shape index (κ2) is 10.6. The van der Waals surface area contributed by atoms with E-state index in [1.165, 1.54) is 4.90 Å². The molecule has 3 aromatic rings. The van der Waals surface area contributed by atoms with Crippen molar-refractivity contribution in [1.82, 2.24) is 19.9 Å². The van der Waals surface area contributed by atoms with Crippen LogP contribution >= 0.6 is 0 Å². The first-order valence-electron chi connectivity index (χ1n) is 13.2. The van der Waals surface area contributed by atoms with Crippen molar-refractivity contribution in [2.45, 2.75) is 58.8 Å². The van der Waals surface area contributed by atoms with E-state index in [9.17, 15) is 10.2 Å². The molecule has 2 aliphatic heterocycles. The van der Waals surface area contributed by atoms with E-state index in [-0.39, 0.29) is 12.2 Å². The Kier molecular flexibility index (Phi) is 7.36. The second-order valence-electron chi connectivity index (χ2n) is 10.5. The Morgan fingerprint density at radius 2 is 1.58 bits per heavy atom. The zero-order chi connectivity index (χ0) is 27.0. The monoisotopic (exact) mass is 523 g/mol. The summed E-state index contributed by atoms with van der Waals surface area (Å²) in [7, 11) is 0. The molecule has 0 amide bonds. The highest BCUT2D eigenvalue weighted by molar-refractivity contribution is 5.89. The number of benzene rings is 1. The largest absolute Gasteiger partial charge is 0.375 e. The normalized spacial score (nSPS) is 21.6. The average molecular weight is 524 g/mol. The van der Waals surface area contributed by atoms with E-state index in [4.69, 9.17) is 29.4 Å². The van der Waals surface area contributed by atoms with E-state index in [1.807, 2.05) is 49.1 Å². The molecule has 5 rings (SSSR count). The van der Waals surface area contributed by atoms with Crippen LogP contribution in [0.25, 0.3) is 22.4 Å². The van der Waals surface area contributed by atoms with Crippen LogP contribution in [0.2, 0.25) is 0 Å². The molecule has 3 atom stereocenters. The van der Waals surface area contributed by atoms with Crippen molar-refractivity contribution >= 4 is 28.7 Å². The highest BCUT2D eigenvalue weighted by Gasteiger charge is 2.34. The molecule has 2 fully saturated rings. The maximum atomic E-state index is 11.1. The summed E-state index contributed by atoms with van der Waals surface area (Å²) in [5.41, 5.74) is 0.957. The maximum absolute atomic E-state index is 11.1. The minimum Gasteiger partial charge on any atom is -0.375 e. The van der Waals surface area contributed by atoms with Crippen molar-refractivity contribution < 1.29 is 19.7 Å². The summed E-state index contributed by atoms with van der Waals surface area (Å²) in [6.45, 7) is 12.6. The lowest BCUT2D eigenvalue weighted by atomic mass is 10.1. The average Bonchev–Trinajstić information content (AvgIpc) is 2.87. The molecule has 1 aromatic carbocycles. The summed E-state index contributed by atoms with van der Waals surface area (Å²) in [5.74, 6) is 1.50. The van der Waals surface area contributed by atoms with Crippen LogP contribution in [-0.4, -0.2) is 93.7 Å². The van der Waals surface area contributed by atoms with Gasteiger partial charge in [0.15, 0.2) is 22.8 Å². The number of hydrogen-bond acceptors (Lipinski definition) is 11. The molecule has 38 heavy (non-hydrogen) atoms. The number of aliphatic hydroxyl groups excluding tert-OH is 1. The Bertz CT molecular complexity index is 1270. The lowest BCUT2D eigenvalue weighted by Gasteiger charge is -2.38. The predicted molar refractivity (Wildman–Crippen MR) is 146 cm³/mol. The number of morpholine rings is 2. The third kappa shape index (κ3) is 5.37. The Hall–Kier alpha value is -3.12. The molecule has 2 N–H and O–H groups in total. The molecule has 0 radical (unpaired) electrons. The Morgan fingerprint density at radius 3 is 2.18 bits per heavy atom. The Balaban J connectivity index is 1.77. The molecule has 0 bridgehead atoms. The van der Waals surface area contributed by atoms with Gasteiger partial charge in [-0.1, -0.05) is 30.3 Å². The van der Waals surface area contributed by atoms with Crippen LogP contribution in [0, 0.1) is 0 Å². The third-order valence-electron chi connectivity index (χ3n) is 6.79. The van der Waals surface area contributed by atoms with Gasteiger partial charge >= 0.3 is 0 Å². The number of aromatic nitrogens is 4. The molecule has 0 spiro atoms. The fourth-order valence-electron chi connectivity index (χ4n) is 5.14. The summed E-state index contributed by atoms with van der Waals surface area (Å²) >= 11 is 0. The topological polar surface area (TPSA) is 120 Å². The van der Waals surface area contributed by atoms with Gasteiger partial charge in [0, 0.05) is 31.7 Å². The predicted octanol–water partition coefficient (Wildman–Crippen LogP) is 2.41. The molecule has 2 aromatic heterocycles. The van der Waals surface area contributed by atoms with E-state index >= 15 is 0 Å². The van der Waals surface area contributed by atoms with E-state index in [0.29, 0.717) is 68.0 Å². The van der Waals surface area contributed by atoms with Crippen LogP contribution in [-0.2, 0) is 9.47 Å². The van der Waals surface area contributed by atoms with Gasteiger partial charge in [0.2, 0.25) is 5.95 Å². The third-order valence-corrected chi connectivity index (χ3v) is 6.79. The van der Waals surface area contributed by atoms with Crippen LogP contribution in [0.15, 0.2) is 30.3 Å². The molecular weight excluding hydrogens is 486 g/mol. The van der Waals surface area contributed by atoms with Gasteiger partial charge in [-0.05, 0) is 34.6 Å². The number of nitrogens with zero attached hydrogens (tertiary/aromatic N) is 7. The summed E-state index contributed by atoms with van der Waals surface area (Å²) in [5, 5.41) is 21.9. The van der Waals surface area contributed by atoms with Crippen molar-refractivity contribution in [3.05, 3.63) is 30.3 Å². The first-order chi connectivity index (χ1) is 18.1. The molecule has 3 unspecified atom stereocenters. The fourth-order valence-corrected chi connectivity index (χ4v) is 5.14. The molecule has 11 heteroatoms. The maximum Gasteiger partial charge on any atom is 0.229 e. The number of ether oxygens (including phenoxy) is 2. The number of aliphatic hydroxyl groups is 2. The zero-order valence-corrected chi connectivity index (χ0v) is 22.7. The lowest BCUT2D eigenvalue weighted by molar-refractivity contribution is 0.0278. The van der Waals surface area contributed by atoms with Crippen molar-refractivity contribution in [1.29, 1.82) is 0 Å². The summed E-state index contributed by atoms with van der Waals surface area (Å²) in [4.78, 5) is 25.6. The lowest BCUT2D eigenvalue weighted by Crippen LogP contribution is -2.50. The Morgan fingerprint density at radius 1 is 0.947 bits per heavy atom. The van der Waals surface area contributed by atoms with Gasteiger partial charge in [0.05, 0.1) is 25.4 Å². The number of fused-ring (bicyclic) bond motifs is 1. The van der Waals surface area contributed by atoms with Crippen LogP contribution < -0.4 is 14.7 Å². The number of hydrogen-bond donors (Lipinski definition) is 2. The van der Waals surface area contributed by atoms with Crippen LogP contribution in [0.5, 0.6) is 0 Å². The quantitative estimate of drug-likeness (QED) is 0.464. The van der Waals surface area contributed by atoms with E-state index in [2.05, 4.69) is 4.90 Å². The molecule has 4 heterocycles. The van der Waals surface area contributed by atoms with Crippen molar-refractivity contribution in [3.8, 4) is 11.3 Å². The molecule has 0 saturated carbocycles. The van der Waals surface area contributed by atoms with Gasteiger partial charge in [-0.2, -0.15) is 9.97 Å². The van der Waals surface area contributed by atoms with Crippen molar-refractivity contribution in [2.24, 2.45) is 0 Å². The van der Waals surface area contributed by atoms with E-state index in [1.54, 1.807) is 20.8 Å². The fraction of sp³-hybridized carbons (Fsp3) is 0.556. The van der Waals surface area contributed by atoms with Gasteiger partial charge in [0.25, 0.3) is 0 Å². The Labute approximate surface area is 223 Å². The smallest absolute Gasteiger partial charge is 0.229 e. The van der Waals surface area contributed by atoms with Gasteiger partial charge in [-0.15, -0.1) is 0 Å². The van der Waals surface area contributed by atoms with Gasteiger partial charge in [-0.3, -0.25) is 0 Å². The molecular formula is C27H37N7O4. The first-order valence-corrected chi connectivity index (χ1v) is 13.2. The highest BCUT2D eigenvalue weighted by Crippen LogP contribution is 2.36. The summed E-state index contributed by atoms with van der Waals surface area (Å²) in [6, 6.07) is 9.88. The molecule has 2 saturated heterocycles. The van der Waals surface area contributed by atoms with Crippen molar-refractivity contribution in [2.75, 3.05) is 54.1 Å². The number of rotatable bonds is 6. The van der Waals surface area contributed by atoms with Gasteiger partial charge in [-0.25, -0.2) is 9.97 Å². The summed E-state index contributed by atoms with van der Waals surface area (Å²) < 4.78 is 11.5. The zero-order valence-electron chi connectivity index (χ0n) is 22.7. The first kappa shape index (κ1) is 26.5. The minimum absolute atomic E-state index is 0.0191. The molecule has 204 valence electrons. The van der Waals surface area contributed by atoms with E-state index in [0.717, 1.165) is 11.4 Å². The van der Waals surface area contributed by atoms with Crippen LogP contribution in [0.4, 0.5) is 17.6 Å².